The molecule has 1 aromatic heterocycles. The molecule has 0 saturated heterocycles. The number of aryl methyl sites for hydroxylation is 1. The Morgan fingerprint density at radius 3 is 2.58 bits per heavy atom. The third-order valence-corrected chi connectivity index (χ3v) is 3.47. The summed E-state index contributed by atoms with van der Waals surface area (Å²) in [5.41, 5.74) is 0.559. The van der Waals surface area contributed by atoms with Gasteiger partial charge < -0.3 is 5.32 Å². The predicted octanol–water partition coefficient (Wildman–Crippen LogP) is 2.08. The molecular weight excluding hydrogens is 330 g/mol. The molecule has 1 unspecified atom stereocenters. The first-order valence-electron chi connectivity index (χ1n) is 7.28. The zero-order valence-electron chi connectivity index (χ0n) is 13.4. The molecule has 1 amide bonds. The van der Waals surface area contributed by atoms with Gasteiger partial charge in [0, 0.05) is 6.04 Å². The monoisotopic (exact) mass is 345 g/mol. The minimum absolute atomic E-state index is 0.184. The molecule has 0 bridgehead atoms. The minimum Gasteiger partial charge on any atom is -0.352 e. The largest absolute Gasteiger partial charge is 0.352 e. The van der Waals surface area contributed by atoms with Crippen molar-refractivity contribution in [2.75, 3.05) is 0 Å². The summed E-state index contributed by atoms with van der Waals surface area (Å²) in [6, 6.07) is 8.49. The van der Waals surface area contributed by atoms with Crippen LogP contribution < -0.4 is 5.32 Å². The van der Waals surface area contributed by atoms with E-state index in [0.29, 0.717) is 16.5 Å². The van der Waals surface area contributed by atoms with Gasteiger partial charge in [0.1, 0.15) is 5.82 Å². The van der Waals surface area contributed by atoms with Gasteiger partial charge in [-0.25, -0.2) is 9.67 Å². The second kappa shape index (κ2) is 7.23. The van der Waals surface area contributed by atoms with Crippen LogP contribution in [0.15, 0.2) is 24.3 Å². The summed E-state index contributed by atoms with van der Waals surface area (Å²) in [5, 5.41) is 16.3. The zero-order chi connectivity index (χ0) is 17.9. The highest BCUT2D eigenvalue weighted by Gasteiger charge is 2.31. The van der Waals surface area contributed by atoms with Crippen LogP contribution in [0.4, 0.5) is 0 Å². The van der Waals surface area contributed by atoms with Crippen molar-refractivity contribution >= 4 is 23.3 Å². The van der Waals surface area contributed by atoms with Gasteiger partial charge in [-0.15, -0.1) is 5.10 Å². The molecule has 1 aromatic carbocycles. The van der Waals surface area contributed by atoms with E-state index in [-0.39, 0.29) is 11.9 Å². The van der Waals surface area contributed by atoms with Crippen LogP contribution in [-0.4, -0.2) is 32.5 Å². The number of rotatable bonds is 5. The van der Waals surface area contributed by atoms with Gasteiger partial charge in [-0.3, -0.25) is 9.59 Å². The van der Waals surface area contributed by atoms with E-state index in [1.807, 2.05) is 0 Å². The highest BCUT2D eigenvalue weighted by Crippen LogP contribution is 2.20. The third-order valence-electron chi connectivity index (χ3n) is 3.15. The van der Waals surface area contributed by atoms with Gasteiger partial charge in [0.2, 0.25) is 17.5 Å². The maximum atomic E-state index is 12.4. The van der Waals surface area contributed by atoms with Crippen molar-refractivity contribution < 1.29 is 9.59 Å². The number of nitriles is 1. The van der Waals surface area contributed by atoms with E-state index in [9.17, 15) is 9.59 Å². The third kappa shape index (κ3) is 3.60. The molecule has 0 spiro atoms. The molecule has 0 saturated carbocycles. The normalized spacial score (nSPS) is 11.8. The molecule has 124 valence electrons. The second-order valence-corrected chi connectivity index (χ2v) is 5.84. The Kier molecular flexibility index (Phi) is 5.31. The summed E-state index contributed by atoms with van der Waals surface area (Å²) in [4.78, 5) is 28.5. The molecule has 0 aliphatic carbocycles. The van der Waals surface area contributed by atoms with Crippen LogP contribution in [0.1, 0.15) is 30.3 Å². The van der Waals surface area contributed by atoms with E-state index < -0.39 is 17.6 Å². The Bertz CT molecular complexity index is 822. The van der Waals surface area contributed by atoms with Crippen LogP contribution in [-0.2, 0) is 4.79 Å². The Morgan fingerprint density at radius 1 is 1.33 bits per heavy atom. The lowest BCUT2D eigenvalue weighted by Crippen LogP contribution is -2.38. The van der Waals surface area contributed by atoms with Crippen molar-refractivity contribution in [1.82, 2.24) is 20.1 Å². The van der Waals surface area contributed by atoms with E-state index in [2.05, 4.69) is 15.4 Å². The Balaban J connectivity index is 2.35. The van der Waals surface area contributed by atoms with Crippen molar-refractivity contribution in [2.24, 2.45) is 5.92 Å². The summed E-state index contributed by atoms with van der Waals surface area (Å²) < 4.78 is 1.41. The molecule has 1 N–H and O–H groups in total. The highest BCUT2D eigenvalue weighted by molar-refractivity contribution is 6.32. The minimum atomic E-state index is -1.49. The zero-order valence-corrected chi connectivity index (χ0v) is 14.2. The van der Waals surface area contributed by atoms with Crippen molar-refractivity contribution in [3.8, 4) is 11.8 Å². The maximum Gasteiger partial charge on any atom is 0.245 e. The summed E-state index contributed by atoms with van der Waals surface area (Å²) in [6.07, 6.45) is 0. The van der Waals surface area contributed by atoms with Gasteiger partial charge >= 0.3 is 0 Å². The first-order valence-corrected chi connectivity index (χ1v) is 7.65. The van der Waals surface area contributed by atoms with Gasteiger partial charge in [-0.1, -0.05) is 23.7 Å². The van der Waals surface area contributed by atoms with Gasteiger partial charge in [0.15, 0.2) is 5.92 Å². The van der Waals surface area contributed by atoms with Crippen LogP contribution in [0.2, 0.25) is 5.02 Å². The Labute approximate surface area is 144 Å². The first-order chi connectivity index (χ1) is 11.3. The summed E-state index contributed by atoms with van der Waals surface area (Å²) >= 11 is 6.13. The number of benzene rings is 1. The summed E-state index contributed by atoms with van der Waals surface area (Å²) in [6.45, 7) is 5.14. The van der Waals surface area contributed by atoms with E-state index in [0.717, 1.165) is 0 Å². The molecule has 2 aromatic rings. The van der Waals surface area contributed by atoms with Crippen LogP contribution in [0, 0.1) is 24.2 Å². The van der Waals surface area contributed by atoms with E-state index in [1.165, 1.54) is 4.68 Å². The molecule has 2 rings (SSSR count). The number of nitrogens with zero attached hydrogens (tertiary/aromatic N) is 4. The number of nitrogens with one attached hydrogen (secondary N) is 1. The molecule has 8 heteroatoms. The fourth-order valence-electron chi connectivity index (χ4n) is 2.08. The number of hydrogen-bond acceptors (Lipinski definition) is 5. The first kappa shape index (κ1) is 17.6. The number of carbonyl (C=O) groups is 2. The topological polar surface area (TPSA) is 101 Å². The van der Waals surface area contributed by atoms with Crippen molar-refractivity contribution in [1.29, 1.82) is 5.26 Å². The number of Topliss-reactive ketones (excluding diaryl/α,β-unsaturated/α-hetero) is 1. The number of halogens is 1. The van der Waals surface area contributed by atoms with Gasteiger partial charge in [0.25, 0.3) is 0 Å². The molecular formula is C16H16ClN5O2. The average molecular weight is 346 g/mol. The van der Waals surface area contributed by atoms with Crippen LogP contribution in [0.5, 0.6) is 0 Å². The molecule has 7 nitrogen and oxygen atoms in total. The van der Waals surface area contributed by atoms with Gasteiger partial charge in [-0.2, -0.15) is 5.26 Å². The standard InChI is InChI=1S/C16H16ClN5O2/c1-9(2)19-16(24)11(8-18)14(23)15-20-10(3)22(21-15)13-7-5-4-6-12(13)17/h4-7,9,11H,1-3H3,(H,19,24). The Morgan fingerprint density at radius 2 is 2.00 bits per heavy atom. The van der Waals surface area contributed by atoms with E-state index >= 15 is 0 Å². The molecule has 1 atom stereocenters. The molecule has 0 fully saturated rings. The van der Waals surface area contributed by atoms with E-state index in [1.54, 1.807) is 51.1 Å². The van der Waals surface area contributed by atoms with Crippen molar-refractivity contribution in [3.05, 3.63) is 40.9 Å². The molecule has 1 heterocycles. The Hall–Kier alpha value is -2.72. The number of amides is 1. The fraction of sp³-hybridized carbons (Fsp3) is 0.312. The molecule has 0 radical (unpaired) electrons. The number of aromatic nitrogens is 3. The quantitative estimate of drug-likeness (QED) is 0.660. The maximum absolute atomic E-state index is 12.4. The number of hydrogen-bond donors (Lipinski definition) is 1. The van der Waals surface area contributed by atoms with Crippen molar-refractivity contribution in [2.45, 2.75) is 26.8 Å². The van der Waals surface area contributed by atoms with Gasteiger partial charge in [0.05, 0.1) is 16.8 Å². The fourth-order valence-corrected chi connectivity index (χ4v) is 2.30. The summed E-state index contributed by atoms with van der Waals surface area (Å²) in [7, 11) is 0. The highest BCUT2D eigenvalue weighted by atomic mass is 35.5. The van der Waals surface area contributed by atoms with E-state index in [4.69, 9.17) is 16.9 Å². The predicted molar refractivity (Wildman–Crippen MR) is 87.8 cm³/mol. The molecule has 0 aliphatic rings. The van der Waals surface area contributed by atoms with Gasteiger partial charge in [-0.05, 0) is 32.9 Å². The molecule has 0 aliphatic heterocycles. The van der Waals surface area contributed by atoms with Crippen LogP contribution in [0.25, 0.3) is 5.69 Å². The second-order valence-electron chi connectivity index (χ2n) is 5.44. The lowest BCUT2D eigenvalue weighted by atomic mass is 10.0. The van der Waals surface area contributed by atoms with Crippen molar-refractivity contribution in [3.63, 3.8) is 0 Å². The van der Waals surface area contributed by atoms with Crippen LogP contribution >= 0.6 is 11.6 Å². The SMILES string of the molecule is Cc1nc(C(=O)C(C#N)C(=O)NC(C)C)nn1-c1ccccc1Cl. The smallest absolute Gasteiger partial charge is 0.245 e. The lowest BCUT2D eigenvalue weighted by molar-refractivity contribution is -0.122. The molecule has 24 heavy (non-hydrogen) atoms. The summed E-state index contributed by atoms with van der Waals surface area (Å²) in [5.74, 6) is -2.67. The lowest BCUT2D eigenvalue weighted by Gasteiger charge is -2.10. The number of para-hydroxylation sites is 1. The number of carbonyl (C=O) groups excluding carboxylic acids is 2. The number of ketones is 1. The average Bonchev–Trinajstić information content (AvgIpc) is 2.89. The van der Waals surface area contributed by atoms with Crippen LogP contribution in [0.3, 0.4) is 0 Å².